The summed E-state index contributed by atoms with van der Waals surface area (Å²) in [7, 11) is 0. The summed E-state index contributed by atoms with van der Waals surface area (Å²) < 4.78 is 2.05. The van der Waals surface area contributed by atoms with Gasteiger partial charge in [0.15, 0.2) is 0 Å². The Kier molecular flexibility index (Phi) is 6.41. The molecule has 5 heteroatoms. The number of nitrogens with zero attached hydrogens (tertiary/aromatic N) is 4. The first kappa shape index (κ1) is 20.8. The van der Waals surface area contributed by atoms with Gasteiger partial charge in [-0.15, -0.1) is 0 Å². The Balaban J connectivity index is 1.61. The number of fused-ring (bicyclic) bond motifs is 1. The highest BCUT2D eigenvalue weighted by atomic mass is 16.2. The van der Waals surface area contributed by atoms with Crippen LogP contribution >= 0.6 is 0 Å². The van der Waals surface area contributed by atoms with Crippen LogP contribution in [0.3, 0.4) is 0 Å². The van der Waals surface area contributed by atoms with E-state index in [-0.39, 0.29) is 12.5 Å². The highest BCUT2D eigenvalue weighted by molar-refractivity contribution is 5.81. The fraction of sp³-hybridized carbons (Fsp3) is 0.269. The molecule has 0 spiro atoms. The van der Waals surface area contributed by atoms with Crippen molar-refractivity contribution in [2.45, 2.75) is 46.3 Å². The summed E-state index contributed by atoms with van der Waals surface area (Å²) in [5.41, 5.74) is 5.38. The lowest BCUT2D eigenvalue weighted by molar-refractivity contribution is -0.133. The van der Waals surface area contributed by atoms with Crippen molar-refractivity contribution in [3.63, 3.8) is 0 Å². The zero-order valence-corrected chi connectivity index (χ0v) is 18.2. The zero-order chi connectivity index (χ0) is 21.6. The van der Waals surface area contributed by atoms with Gasteiger partial charge in [-0.3, -0.25) is 9.78 Å². The van der Waals surface area contributed by atoms with Gasteiger partial charge in [0.25, 0.3) is 0 Å². The Morgan fingerprint density at radius 3 is 2.32 bits per heavy atom. The second kappa shape index (κ2) is 9.56. The third-order valence-electron chi connectivity index (χ3n) is 5.60. The average Bonchev–Trinajstić information content (AvgIpc) is 3.17. The molecule has 5 nitrogen and oxygen atoms in total. The normalized spacial score (nSPS) is 11.0. The van der Waals surface area contributed by atoms with Gasteiger partial charge in [-0.25, -0.2) is 4.98 Å². The Bertz CT molecular complexity index is 1150. The molecule has 0 radical (unpaired) electrons. The number of amides is 1. The van der Waals surface area contributed by atoms with Crippen LogP contribution in [0.5, 0.6) is 0 Å². The number of rotatable bonds is 8. The topological polar surface area (TPSA) is 51.0 Å². The third-order valence-corrected chi connectivity index (χ3v) is 5.60. The molecule has 1 amide bonds. The Labute approximate surface area is 183 Å². The quantitative estimate of drug-likeness (QED) is 0.418. The predicted octanol–water partition coefficient (Wildman–Crippen LogP) is 4.79. The van der Waals surface area contributed by atoms with Crippen LogP contribution in [0.1, 0.15) is 36.4 Å². The van der Waals surface area contributed by atoms with Crippen LogP contribution in [0.4, 0.5) is 0 Å². The number of hydrogen-bond acceptors (Lipinski definition) is 3. The third kappa shape index (κ3) is 4.82. The van der Waals surface area contributed by atoms with Gasteiger partial charge in [0.2, 0.25) is 5.91 Å². The van der Waals surface area contributed by atoms with Gasteiger partial charge in [0.05, 0.1) is 11.0 Å². The number of aromatic nitrogens is 3. The van der Waals surface area contributed by atoms with Crippen molar-refractivity contribution in [1.29, 1.82) is 0 Å². The molecule has 158 valence electrons. The maximum Gasteiger partial charge on any atom is 0.243 e. The average molecular weight is 413 g/mol. The lowest BCUT2D eigenvalue weighted by atomic mass is 10.1. The molecule has 4 aromatic rings. The first-order chi connectivity index (χ1) is 15.2. The predicted molar refractivity (Wildman–Crippen MR) is 123 cm³/mol. The molecular formula is C26H28N4O. The second-order valence-corrected chi connectivity index (χ2v) is 7.74. The number of hydrogen-bond donors (Lipinski definition) is 0. The van der Waals surface area contributed by atoms with Crippen LogP contribution < -0.4 is 0 Å². The van der Waals surface area contributed by atoms with E-state index in [9.17, 15) is 4.79 Å². The number of carbonyl (C=O) groups is 1. The standard InChI is InChI=1S/C26H28N4O/c1-3-20-11-13-21(14-12-20)17-29(18-22-8-7-15-27-16-22)26(31)19-30-24-10-6-5-9-23(24)28-25(30)4-2/h5-16H,3-4,17-19H2,1-2H3. The molecule has 0 aliphatic carbocycles. The highest BCUT2D eigenvalue weighted by Gasteiger charge is 2.19. The minimum atomic E-state index is 0.0706. The fourth-order valence-electron chi connectivity index (χ4n) is 3.85. The van der Waals surface area contributed by atoms with Crippen molar-refractivity contribution in [2.75, 3.05) is 0 Å². The molecule has 0 bridgehead atoms. The van der Waals surface area contributed by atoms with E-state index in [0.717, 1.165) is 40.8 Å². The number of benzene rings is 2. The molecule has 0 saturated heterocycles. The maximum atomic E-state index is 13.5. The zero-order valence-electron chi connectivity index (χ0n) is 18.2. The molecule has 2 aromatic heterocycles. The number of carbonyl (C=O) groups excluding carboxylic acids is 1. The summed E-state index contributed by atoms with van der Waals surface area (Å²) in [6.07, 6.45) is 5.37. The van der Waals surface area contributed by atoms with E-state index in [1.807, 2.05) is 52.1 Å². The van der Waals surface area contributed by atoms with Crippen molar-refractivity contribution in [3.8, 4) is 0 Å². The van der Waals surface area contributed by atoms with E-state index in [2.05, 4.69) is 43.1 Å². The molecule has 0 N–H and O–H groups in total. The van der Waals surface area contributed by atoms with Crippen LogP contribution in [0.25, 0.3) is 11.0 Å². The summed E-state index contributed by atoms with van der Waals surface area (Å²) in [4.78, 5) is 24.4. The van der Waals surface area contributed by atoms with Crippen molar-refractivity contribution in [2.24, 2.45) is 0 Å². The molecule has 0 saturated carbocycles. The molecule has 0 aliphatic rings. The fourth-order valence-corrected chi connectivity index (χ4v) is 3.85. The summed E-state index contributed by atoms with van der Waals surface area (Å²) in [6, 6.07) is 20.4. The van der Waals surface area contributed by atoms with Crippen molar-refractivity contribution >= 4 is 16.9 Å². The van der Waals surface area contributed by atoms with Crippen LogP contribution in [-0.2, 0) is 37.3 Å². The van der Waals surface area contributed by atoms with Crippen molar-refractivity contribution in [3.05, 3.63) is 95.6 Å². The van der Waals surface area contributed by atoms with Gasteiger partial charge < -0.3 is 9.47 Å². The SMILES string of the molecule is CCc1ccc(CN(Cc2cccnc2)C(=O)Cn2c(CC)nc3ccccc32)cc1. The van der Waals surface area contributed by atoms with Gasteiger partial charge in [-0.1, -0.05) is 56.3 Å². The Morgan fingerprint density at radius 1 is 0.871 bits per heavy atom. The number of aryl methyl sites for hydroxylation is 2. The summed E-state index contributed by atoms with van der Waals surface area (Å²) >= 11 is 0. The highest BCUT2D eigenvalue weighted by Crippen LogP contribution is 2.18. The Hall–Kier alpha value is -3.47. The van der Waals surface area contributed by atoms with Crippen LogP contribution in [0.2, 0.25) is 0 Å². The van der Waals surface area contributed by atoms with E-state index < -0.39 is 0 Å². The van der Waals surface area contributed by atoms with Gasteiger partial charge in [0, 0.05) is 31.9 Å². The van der Waals surface area contributed by atoms with Crippen LogP contribution in [0, 0.1) is 0 Å². The molecule has 2 aromatic carbocycles. The van der Waals surface area contributed by atoms with E-state index in [0.29, 0.717) is 13.1 Å². The lowest BCUT2D eigenvalue weighted by Crippen LogP contribution is -2.33. The van der Waals surface area contributed by atoms with E-state index >= 15 is 0 Å². The second-order valence-electron chi connectivity index (χ2n) is 7.74. The number of imidazole rings is 1. The smallest absolute Gasteiger partial charge is 0.243 e. The van der Waals surface area contributed by atoms with Crippen molar-refractivity contribution in [1.82, 2.24) is 19.4 Å². The summed E-state index contributed by atoms with van der Waals surface area (Å²) in [5.74, 6) is 1.00. The summed E-state index contributed by atoms with van der Waals surface area (Å²) in [6.45, 7) is 5.58. The lowest BCUT2D eigenvalue weighted by Gasteiger charge is -2.24. The minimum absolute atomic E-state index is 0.0706. The first-order valence-electron chi connectivity index (χ1n) is 10.9. The van der Waals surface area contributed by atoms with Gasteiger partial charge in [-0.05, 0) is 41.3 Å². The number of pyridine rings is 1. The van der Waals surface area contributed by atoms with Crippen LogP contribution in [0.15, 0.2) is 73.1 Å². The minimum Gasteiger partial charge on any atom is -0.332 e. The monoisotopic (exact) mass is 412 g/mol. The molecule has 0 unspecified atom stereocenters. The van der Waals surface area contributed by atoms with E-state index in [1.165, 1.54) is 5.56 Å². The molecular weight excluding hydrogens is 384 g/mol. The molecule has 0 aliphatic heterocycles. The molecule has 31 heavy (non-hydrogen) atoms. The maximum absolute atomic E-state index is 13.5. The first-order valence-corrected chi connectivity index (χ1v) is 10.9. The molecule has 0 fully saturated rings. The largest absolute Gasteiger partial charge is 0.332 e. The molecule has 2 heterocycles. The summed E-state index contributed by atoms with van der Waals surface area (Å²) in [5, 5.41) is 0. The molecule has 0 atom stereocenters. The number of para-hydroxylation sites is 2. The van der Waals surface area contributed by atoms with E-state index in [1.54, 1.807) is 6.20 Å². The van der Waals surface area contributed by atoms with Crippen LogP contribution in [-0.4, -0.2) is 25.3 Å². The van der Waals surface area contributed by atoms with Crippen molar-refractivity contribution < 1.29 is 4.79 Å². The van der Waals surface area contributed by atoms with Gasteiger partial charge >= 0.3 is 0 Å². The molecule has 4 rings (SSSR count). The Morgan fingerprint density at radius 2 is 1.61 bits per heavy atom. The van der Waals surface area contributed by atoms with E-state index in [4.69, 9.17) is 4.98 Å². The van der Waals surface area contributed by atoms with Gasteiger partial charge in [-0.2, -0.15) is 0 Å². The van der Waals surface area contributed by atoms with Gasteiger partial charge in [0.1, 0.15) is 12.4 Å².